The van der Waals surface area contributed by atoms with Crippen LogP contribution in [0.4, 0.5) is 0 Å². The first-order valence-electron chi connectivity index (χ1n) is 12.5. The van der Waals surface area contributed by atoms with Gasteiger partial charge in [0.25, 0.3) is 0 Å². The van der Waals surface area contributed by atoms with E-state index in [1.165, 1.54) is 64.2 Å². The molecular formula is C25H46O4. The molecule has 0 saturated heterocycles. The molecule has 1 rings (SSSR count). The number of hydrogen-bond acceptors (Lipinski definition) is 3. The SMILES string of the molecule is CCCCCCCCCC(CCCCCCC)OC(=O)C1CCCCC1C(=O)O. The molecule has 0 bridgehead atoms. The van der Waals surface area contributed by atoms with Gasteiger partial charge in [0.05, 0.1) is 11.8 Å². The van der Waals surface area contributed by atoms with Gasteiger partial charge in [0, 0.05) is 0 Å². The summed E-state index contributed by atoms with van der Waals surface area (Å²) in [6.07, 6.45) is 19.8. The molecule has 0 aliphatic heterocycles. The Morgan fingerprint density at radius 3 is 1.69 bits per heavy atom. The Morgan fingerprint density at radius 1 is 0.759 bits per heavy atom. The molecule has 4 heteroatoms. The number of esters is 1. The quantitative estimate of drug-likeness (QED) is 0.202. The van der Waals surface area contributed by atoms with E-state index in [1.54, 1.807) is 0 Å². The van der Waals surface area contributed by atoms with Crippen molar-refractivity contribution in [1.82, 2.24) is 0 Å². The first kappa shape index (κ1) is 26.0. The molecule has 0 amide bonds. The Morgan fingerprint density at radius 2 is 1.21 bits per heavy atom. The standard InChI is InChI=1S/C25H46O4/c1-3-5-7-9-10-12-14-18-21(17-13-11-8-6-4-2)29-25(28)23-20-16-15-19-22(23)24(26)27/h21-23H,3-20H2,1-2H3,(H,26,27). The molecule has 0 spiro atoms. The zero-order valence-corrected chi connectivity index (χ0v) is 19.1. The van der Waals surface area contributed by atoms with Gasteiger partial charge < -0.3 is 9.84 Å². The maximum atomic E-state index is 12.8. The maximum absolute atomic E-state index is 12.8. The Balaban J connectivity index is 2.46. The smallest absolute Gasteiger partial charge is 0.310 e. The molecule has 0 aromatic carbocycles. The van der Waals surface area contributed by atoms with Crippen LogP contribution in [0.3, 0.4) is 0 Å². The fourth-order valence-electron chi connectivity index (χ4n) is 4.53. The van der Waals surface area contributed by atoms with E-state index in [0.29, 0.717) is 12.8 Å². The summed E-state index contributed by atoms with van der Waals surface area (Å²) in [5.74, 6) is -2.09. The van der Waals surface area contributed by atoms with Gasteiger partial charge in [-0.3, -0.25) is 9.59 Å². The van der Waals surface area contributed by atoms with E-state index in [9.17, 15) is 14.7 Å². The van der Waals surface area contributed by atoms with Gasteiger partial charge in [0.1, 0.15) is 6.10 Å². The van der Waals surface area contributed by atoms with Crippen molar-refractivity contribution in [3.05, 3.63) is 0 Å². The second kappa shape index (κ2) is 16.7. The number of carbonyl (C=O) groups excluding carboxylic acids is 1. The topological polar surface area (TPSA) is 63.6 Å². The van der Waals surface area contributed by atoms with Crippen molar-refractivity contribution in [3.63, 3.8) is 0 Å². The third-order valence-corrected chi connectivity index (χ3v) is 6.43. The van der Waals surface area contributed by atoms with Gasteiger partial charge in [-0.15, -0.1) is 0 Å². The Labute approximate surface area is 179 Å². The van der Waals surface area contributed by atoms with Gasteiger partial charge in [-0.05, 0) is 38.5 Å². The summed E-state index contributed by atoms with van der Waals surface area (Å²) in [7, 11) is 0. The van der Waals surface area contributed by atoms with Crippen molar-refractivity contribution in [2.24, 2.45) is 11.8 Å². The van der Waals surface area contributed by atoms with Crippen molar-refractivity contribution in [3.8, 4) is 0 Å². The highest BCUT2D eigenvalue weighted by Gasteiger charge is 2.37. The summed E-state index contributed by atoms with van der Waals surface area (Å²) in [5, 5.41) is 9.47. The molecule has 170 valence electrons. The van der Waals surface area contributed by atoms with Gasteiger partial charge in [-0.25, -0.2) is 0 Å². The Hall–Kier alpha value is -1.06. The number of carboxylic acid groups (broad SMARTS) is 1. The lowest BCUT2D eigenvalue weighted by molar-refractivity contribution is -0.164. The van der Waals surface area contributed by atoms with E-state index in [1.807, 2.05) is 0 Å². The van der Waals surface area contributed by atoms with Crippen LogP contribution in [-0.4, -0.2) is 23.1 Å². The van der Waals surface area contributed by atoms with Crippen molar-refractivity contribution in [1.29, 1.82) is 0 Å². The first-order chi connectivity index (χ1) is 14.1. The minimum atomic E-state index is -0.838. The van der Waals surface area contributed by atoms with Crippen LogP contribution in [-0.2, 0) is 14.3 Å². The summed E-state index contributed by atoms with van der Waals surface area (Å²) < 4.78 is 5.92. The van der Waals surface area contributed by atoms with E-state index in [2.05, 4.69) is 13.8 Å². The molecule has 29 heavy (non-hydrogen) atoms. The highest BCUT2D eigenvalue weighted by molar-refractivity contribution is 5.81. The van der Waals surface area contributed by atoms with Gasteiger partial charge in [-0.2, -0.15) is 0 Å². The lowest BCUT2D eigenvalue weighted by Gasteiger charge is -2.29. The molecule has 1 fully saturated rings. The summed E-state index contributed by atoms with van der Waals surface area (Å²) in [4.78, 5) is 24.3. The summed E-state index contributed by atoms with van der Waals surface area (Å²) in [6.45, 7) is 4.45. The van der Waals surface area contributed by atoms with E-state index < -0.39 is 17.8 Å². The number of carbonyl (C=O) groups is 2. The van der Waals surface area contributed by atoms with Crippen LogP contribution in [0.25, 0.3) is 0 Å². The highest BCUT2D eigenvalue weighted by Crippen LogP contribution is 2.32. The monoisotopic (exact) mass is 410 g/mol. The Kier molecular flexibility index (Phi) is 15.0. The van der Waals surface area contributed by atoms with Crippen molar-refractivity contribution in [2.45, 2.75) is 136 Å². The lowest BCUT2D eigenvalue weighted by Crippen LogP contribution is -2.35. The second-order valence-electron chi connectivity index (χ2n) is 9.01. The highest BCUT2D eigenvalue weighted by atomic mass is 16.5. The first-order valence-corrected chi connectivity index (χ1v) is 12.5. The van der Waals surface area contributed by atoms with Crippen LogP contribution < -0.4 is 0 Å². The molecule has 1 N–H and O–H groups in total. The molecule has 0 aromatic heterocycles. The van der Waals surface area contributed by atoms with Gasteiger partial charge in [-0.1, -0.05) is 90.9 Å². The minimum absolute atomic E-state index is 0.0314. The molecule has 4 nitrogen and oxygen atoms in total. The molecule has 0 heterocycles. The summed E-state index contributed by atoms with van der Waals surface area (Å²) >= 11 is 0. The molecule has 1 aliphatic carbocycles. The summed E-state index contributed by atoms with van der Waals surface area (Å²) in [5.41, 5.74) is 0. The van der Waals surface area contributed by atoms with Gasteiger partial charge >= 0.3 is 11.9 Å². The van der Waals surface area contributed by atoms with Crippen LogP contribution in [0.15, 0.2) is 0 Å². The average Bonchev–Trinajstić information content (AvgIpc) is 2.72. The van der Waals surface area contributed by atoms with E-state index in [0.717, 1.165) is 38.5 Å². The van der Waals surface area contributed by atoms with Crippen molar-refractivity contribution >= 4 is 11.9 Å². The third-order valence-electron chi connectivity index (χ3n) is 6.43. The van der Waals surface area contributed by atoms with Crippen LogP contribution in [0.1, 0.15) is 129 Å². The molecular weight excluding hydrogens is 364 g/mol. The average molecular weight is 411 g/mol. The maximum Gasteiger partial charge on any atom is 0.310 e. The Bertz CT molecular complexity index is 435. The van der Waals surface area contributed by atoms with Crippen molar-refractivity contribution < 1.29 is 19.4 Å². The normalized spacial score (nSPS) is 20.3. The summed E-state index contributed by atoms with van der Waals surface area (Å²) in [6, 6.07) is 0. The molecule has 0 radical (unpaired) electrons. The fraction of sp³-hybridized carbons (Fsp3) is 0.920. The second-order valence-corrected chi connectivity index (χ2v) is 9.01. The van der Waals surface area contributed by atoms with E-state index >= 15 is 0 Å². The molecule has 3 atom stereocenters. The molecule has 0 aromatic rings. The van der Waals surface area contributed by atoms with Crippen LogP contribution in [0.2, 0.25) is 0 Å². The van der Waals surface area contributed by atoms with Crippen LogP contribution in [0.5, 0.6) is 0 Å². The predicted octanol–water partition coefficient (Wildman–Crippen LogP) is 7.29. The number of unbranched alkanes of at least 4 members (excludes halogenated alkanes) is 10. The van der Waals surface area contributed by atoms with Crippen LogP contribution in [0, 0.1) is 11.8 Å². The largest absolute Gasteiger partial charge is 0.481 e. The molecule has 1 saturated carbocycles. The third kappa shape index (κ3) is 11.6. The zero-order valence-electron chi connectivity index (χ0n) is 19.1. The van der Waals surface area contributed by atoms with E-state index in [4.69, 9.17) is 4.74 Å². The molecule has 3 unspecified atom stereocenters. The van der Waals surface area contributed by atoms with Crippen LogP contribution >= 0.6 is 0 Å². The number of hydrogen-bond donors (Lipinski definition) is 1. The number of rotatable bonds is 17. The number of carboxylic acids is 1. The van der Waals surface area contributed by atoms with Gasteiger partial charge in [0.15, 0.2) is 0 Å². The van der Waals surface area contributed by atoms with Crippen molar-refractivity contribution in [2.75, 3.05) is 0 Å². The number of aliphatic carboxylic acids is 1. The van der Waals surface area contributed by atoms with Gasteiger partial charge in [0.2, 0.25) is 0 Å². The minimum Gasteiger partial charge on any atom is -0.481 e. The predicted molar refractivity (Wildman–Crippen MR) is 119 cm³/mol. The fourth-order valence-corrected chi connectivity index (χ4v) is 4.53. The number of ether oxygens (including phenoxy) is 1. The van der Waals surface area contributed by atoms with E-state index in [-0.39, 0.29) is 12.1 Å². The zero-order chi connectivity index (χ0) is 21.3. The lowest BCUT2D eigenvalue weighted by atomic mass is 9.79. The molecule has 1 aliphatic rings.